The summed E-state index contributed by atoms with van der Waals surface area (Å²) in [4.78, 5) is 14.5. The topological polar surface area (TPSA) is 51.3 Å². The Hall–Kier alpha value is -1.78. The molecule has 142 valence electrons. The molecule has 0 radical (unpaired) electrons. The SMILES string of the molecule is CCCCc1c(-c2ccccc2Cl)c(C(N)=O)c(C)n1CCCN(C)C. The fourth-order valence-electron chi connectivity index (χ4n) is 3.51. The van der Waals surface area contributed by atoms with E-state index in [0.717, 1.165) is 55.6 Å². The molecular weight excluding hydrogens is 346 g/mol. The van der Waals surface area contributed by atoms with Gasteiger partial charge in [0, 0.05) is 34.1 Å². The summed E-state index contributed by atoms with van der Waals surface area (Å²) in [5.74, 6) is -0.387. The number of primary amides is 1. The number of nitrogens with zero attached hydrogens (tertiary/aromatic N) is 2. The molecule has 2 aromatic rings. The van der Waals surface area contributed by atoms with E-state index in [0.29, 0.717) is 10.6 Å². The van der Waals surface area contributed by atoms with E-state index in [1.165, 1.54) is 5.69 Å². The van der Waals surface area contributed by atoms with E-state index in [4.69, 9.17) is 17.3 Å². The van der Waals surface area contributed by atoms with Gasteiger partial charge in [0.2, 0.25) is 0 Å². The van der Waals surface area contributed by atoms with E-state index >= 15 is 0 Å². The molecule has 0 aliphatic heterocycles. The van der Waals surface area contributed by atoms with Crippen LogP contribution in [0.1, 0.15) is 47.9 Å². The third-order valence-electron chi connectivity index (χ3n) is 4.77. The molecule has 1 amide bonds. The third-order valence-corrected chi connectivity index (χ3v) is 5.10. The minimum atomic E-state index is -0.387. The summed E-state index contributed by atoms with van der Waals surface area (Å²) >= 11 is 6.48. The maximum absolute atomic E-state index is 12.3. The summed E-state index contributed by atoms with van der Waals surface area (Å²) in [5, 5.41) is 0.651. The number of aromatic nitrogens is 1. The van der Waals surface area contributed by atoms with Crippen molar-refractivity contribution in [1.29, 1.82) is 0 Å². The van der Waals surface area contributed by atoms with Gasteiger partial charge < -0.3 is 15.2 Å². The van der Waals surface area contributed by atoms with Gasteiger partial charge in [-0.2, -0.15) is 0 Å². The van der Waals surface area contributed by atoms with Crippen molar-refractivity contribution >= 4 is 17.5 Å². The summed E-state index contributed by atoms with van der Waals surface area (Å²) in [6.07, 6.45) is 4.08. The lowest BCUT2D eigenvalue weighted by atomic mass is 9.97. The largest absolute Gasteiger partial charge is 0.366 e. The average Bonchev–Trinajstić information content (AvgIpc) is 2.85. The lowest BCUT2D eigenvalue weighted by Crippen LogP contribution is -2.17. The van der Waals surface area contributed by atoms with Crippen molar-refractivity contribution in [1.82, 2.24) is 9.47 Å². The van der Waals surface area contributed by atoms with Crippen LogP contribution < -0.4 is 5.73 Å². The highest BCUT2D eigenvalue weighted by atomic mass is 35.5. The standard InChI is InChI=1S/C21H30ClN3O/c1-5-6-12-18-20(16-10-7-8-11-17(16)22)19(21(23)26)15(2)25(18)14-9-13-24(3)4/h7-8,10-11H,5-6,9,12-14H2,1-4H3,(H2,23,26). The minimum absolute atomic E-state index is 0.387. The normalized spacial score (nSPS) is 11.3. The lowest BCUT2D eigenvalue weighted by molar-refractivity contribution is 0.1000. The Morgan fingerprint density at radius 1 is 1.23 bits per heavy atom. The Labute approximate surface area is 161 Å². The van der Waals surface area contributed by atoms with Crippen LogP contribution in [0.25, 0.3) is 11.1 Å². The zero-order valence-corrected chi connectivity index (χ0v) is 17.1. The molecule has 2 rings (SSSR count). The van der Waals surface area contributed by atoms with Crippen LogP contribution in [0.15, 0.2) is 24.3 Å². The summed E-state index contributed by atoms with van der Waals surface area (Å²) < 4.78 is 2.28. The van der Waals surface area contributed by atoms with Gasteiger partial charge >= 0.3 is 0 Å². The number of rotatable bonds is 9. The number of nitrogens with two attached hydrogens (primary N) is 1. The van der Waals surface area contributed by atoms with Crippen LogP contribution in [0.4, 0.5) is 0 Å². The molecule has 0 spiro atoms. The molecule has 2 N–H and O–H groups in total. The zero-order chi connectivity index (χ0) is 19.3. The highest BCUT2D eigenvalue weighted by Gasteiger charge is 2.25. The van der Waals surface area contributed by atoms with Gasteiger partial charge in [-0.25, -0.2) is 0 Å². The van der Waals surface area contributed by atoms with Gasteiger partial charge in [-0.3, -0.25) is 4.79 Å². The number of hydrogen-bond acceptors (Lipinski definition) is 2. The summed E-state index contributed by atoms with van der Waals surface area (Å²) in [6.45, 7) is 6.04. The molecule has 0 unspecified atom stereocenters. The smallest absolute Gasteiger partial charge is 0.251 e. The molecule has 0 bridgehead atoms. The molecular formula is C21H30ClN3O. The van der Waals surface area contributed by atoms with Crippen molar-refractivity contribution in [2.75, 3.05) is 20.6 Å². The van der Waals surface area contributed by atoms with E-state index < -0.39 is 0 Å². The first-order valence-corrected chi connectivity index (χ1v) is 9.67. The second-order valence-corrected chi connectivity index (χ2v) is 7.45. The van der Waals surface area contributed by atoms with Crippen LogP contribution in [0, 0.1) is 6.92 Å². The van der Waals surface area contributed by atoms with Crippen molar-refractivity contribution in [2.24, 2.45) is 5.73 Å². The fraction of sp³-hybridized carbons (Fsp3) is 0.476. The number of benzene rings is 1. The van der Waals surface area contributed by atoms with Crippen LogP contribution in [-0.2, 0) is 13.0 Å². The van der Waals surface area contributed by atoms with Crippen LogP contribution in [-0.4, -0.2) is 36.0 Å². The maximum atomic E-state index is 12.3. The molecule has 4 nitrogen and oxygen atoms in total. The van der Waals surface area contributed by atoms with Gasteiger partial charge in [-0.1, -0.05) is 43.1 Å². The van der Waals surface area contributed by atoms with E-state index in [-0.39, 0.29) is 5.91 Å². The molecule has 1 aromatic carbocycles. The molecule has 0 atom stereocenters. The van der Waals surface area contributed by atoms with Crippen molar-refractivity contribution in [2.45, 2.75) is 46.1 Å². The number of halogens is 1. The van der Waals surface area contributed by atoms with Crippen LogP contribution in [0.3, 0.4) is 0 Å². The van der Waals surface area contributed by atoms with Crippen molar-refractivity contribution in [3.8, 4) is 11.1 Å². The first kappa shape index (κ1) is 20.5. The van der Waals surface area contributed by atoms with E-state index in [9.17, 15) is 4.79 Å². The average molecular weight is 376 g/mol. The van der Waals surface area contributed by atoms with E-state index in [1.54, 1.807) is 0 Å². The van der Waals surface area contributed by atoms with Gasteiger partial charge in [0.15, 0.2) is 0 Å². The first-order chi connectivity index (χ1) is 12.4. The van der Waals surface area contributed by atoms with E-state index in [2.05, 4.69) is 30.5 Å². The van der Waals surface area contributed by atoms with Gasteiger partial charge in [0.05, 0.1) is 5.56 Å². The predicted octanol–water partition coefficient (Wildman–Crippen LogP) is 4.51. The van der Waals surface area contributed by atoms with Gasteiger partial charge in [0.25, 0.3) is 5.91 Å². The van der Waals surface area contributed by atoms with Crippen molar-refractivity contribution < 1.29 is 4.79 Å². The molecule has 0 saturated carbocycles. The molecule has 26 heavy (non-hydrogen) atoms. The first-order valence-electron chi connectivity index (χ1n) is 9.29. The highest BCUT2D eigenvalue weighted by molar-refractivity contribution is 6.33. The number of carbonyl (C=O) groups is 1. The monoisotopic (exact) mass is 375 g/mol. The lowest BCUT2D eigenvalue weighted by Gasteiger charge is -2.15. The third kappa shape index (κ3) is 4.49. The zero-order valence-electron chi connectivity index (χ0n) is 16.3. The molecule has 0 aliphatic rings. The minimum Gasteiger partial charge on any atom is -0.366 e. The van der Waals surface area contributed by atoms with Gasteiger partial charge in [0.1, 0.15) is 0 Å². The van der Waals surface area contributed by atoms with Crippen LogP contribution in [0.2, 0.25) is 5.02 Å². The van der Waals surface area contributed by atoms with Gasteiger partial charge in [-0.05, 0) is 52.9 Å². The Morgan fingerprint density at radius 3 is 2.50 bits per heavy atom. The summed E-state index contributed by atoms with van der Waals surface area (Å²) in [6, 6.07) is 7.70. The fourth-order valence-corrected chi connectivity index (χ4v) is 3.74. The molecule has 0 fully saturated rings. The number of carbonyl (C=O) groups excluding carboxylic acids is 1. The van der Waals surface area contributed by atoms with Crippen molar-refractivity contribution in [3.05, 3.63) is 46.2 Å². The number of amides is 1. The molecule has 1 heterocycles. The second-order valence-electron chi connectivity index (χ2n) is 7.04. The molecule has 0 saturated heterocycles. The Kier molecular flexibility index (Phi) is 7.30. The van der Waals surface area contributed by atoms with Crippen LogP contribution in [0.5, 0.6) is 0 Å². The quantitative estimate of drug-likeness (QED) is 0.701. The summed E-state index contributed by atoms with van der Waals surface area (Å²) in [5.41, 5.74) is 10.3. The number of unbranched alkanes of at least 4 members (excludes halogenated alkanes) is 1. The molecule has 5 heteroatoms. The highest BCUT2D eigenvalue weighted by Crippen LogP contribution is 2.37. The van der Waals surface area contributed by atoms with E-state index in [1.807, 2.05) is 31.2 Å². The molecule has 1 aromatic heterocycles. The number of hydrogen-bond donors (Lipinski definition) is 1. The van der Waals surface area contributed by atoms with Crippen molar-refractivity contribution in [3.63, 3.8) is 0 Å². The Bertz CT molecular complexity index is 765. The second kappa shape index (κ2) is 9.24. The maximum Gasteiger partial charge on any atom is 0.251 e. The Morgan fingerprint density at radius 2 is 1.92 bits per heavy atom. The predicted molar refractivity (Wildman–Crippen MR) is 110 cm³/mol. The van der Waals surface area contributed by atoms with Crippen LogP contribution >= 0.6 is 11.6 Å². The molecule has 0 aliphatic carbocycles. The Balaban J connectivity index is 2.62. The van der Waals surface area contributed by atoms with Gasteiger partial charge in [-0.15, -0.1) is 0 Å². The summed E-state index contributed by atoms with van der Waals surface area (Å²) in [7, 11) is 4.15.